The SMILES string of the molecule is Nc1ncc(-c2ccc(Cl)cc2)c([C@H]2CCCN(C(=O)CCc3ccccc3)C2)n1. The number of aromatic nitrogens is 2. The molecule has 3 aromatic rings. The molecule has 1 aliphatic rings. The number of carbonyl (C=O) groups excluding carboxylic acids is 1. The molecule has 2 aromatic carbocycles. The van der Waals surface area contributed by atoms with Crippen LogP contribution in [0.4, 0.5) is 5.95 Å². The molecule has 0 radical (unpaired) electrons. The second-order valence-electron chi connectivity index (χ2n) is 7.70. The first-order valence-electron chi connectivity index (χ1n) is 10.3. The van der Waals surface area contributed by atoms with Crippen LogP contribution in [0.2, 0.25) is 5.02 Å². The van der Waals surface area contributed by atoms with Crippen LogP contribution in [0, 0.1) is 0 Å². The van der Waals surface area contributed by atoms with Crippen LogP contribution < -0.4 is 5.73 Å². The van der Waals surface area contributed by atoms with E-state index < -0.39 is 0 Å². The van der Waals surface area contributed by atoms with Crippen molar-refractivity contribution in [2.24, 2.45) is 0 Å². The Labute approximate surface area is 181 Å². The fraction of sp³-hybridized carbons (Fsp3) is 0.292. The van der Waals surface area contributed by atoms with Crippen LogP contribution in [-0.4, -0.2) is 33.9 Å². The quantitative estimate of drug-likeness (QED) is 0.648. The van der Waals surface area contributed by atoms with Gasteiger partial charge in [0.25, 0.3) is 0 Å². The van der Waals surface area contributed by atoms with Gasteiger partial charge in [0, 0.05) is 42.2 Å². The highest BCUT2D eigenvalue weighted by atomic mass is 35.5. The number of aryl methyl sites for hydroxylation is 1. The van der Waals surface area contributed by atoms with E-state index in [1.807, 2.05) is 47.4 Å². The van der Waals surface area contributed by atoms with E-state index in [9.17, 15) is 4.79 Å². The zero-order valence-corrected chi connectivity index (χ0v) is 17.6. The van der Waals surface area contributed by atoms with Crippen molar-refractivity contribution in [3.8, 4) is 11.1 Å². The number of nitrogen functional groups attached to an aromatic ring is 1. The van der Waals surface area contributed by atoms with Crippen molar-refractivity contribution in [3.63, 3.8) is 0 Å². The van der Waals surface area contributed by atoms with Gasteiger partial charge in [0.15, 0.2) is 0 Å². The first kappa shape index (κ1) is 20.4. The molecule has 1 saturated heterocycles. The highest BCUT2D eigenvalue weighted by Gasteiger charge is 2.27. The van der Waals surface area contributed by atoms with Crippen LogP contribution in [0.3, 0.4) is 0 Å². The zero-order valence-electron chi connectivity index (χ0n) is 16.8. The number of nitrogens with two attached hydrogens (primary N) is 1. The average molecular weight is 421 g/mol. The van der Waals surface area contributed by atoms with Crippen molar-refractivity contribution in [2.75, 3.05) is 18.8 Å². The standard InChI is InChI=1S/C24H25ClN4O/c25-20-11-9-18(10-12-20)21-15-27-24(26)28-23(21)19-7-4-14-29(16-19)22(30)13-8-17-5-2-1-3-6-17/h1-3,5-6,9-12,15,19H,4,7-8,13-14,16H2,(H2,26,27,28)/t19-/m0/s1. The highest BCUT2D eigenvalue weighted by molar-refractivity contribution is 6.30. The fourth-order valence-electron chi connectivity index (χ4n) is 4.05. The molecule has 154 valence electrons. The molecule has 1 fully saturated rings. The Hall–Kier alpha value is -2.92. The molecular formula is C24H25ClN4O. The minimum Gasteiger partial charge on any atom is -0.368 e. The first-order chi connectivity index (χ1) is 14.6. The van der Waals surface area contributed by atoms with E-state index in [0.29, 0.717) is 18.0 Å². The van der Waals surface area contributed by atoms with Gasteiger partial charge in [-0.2, -0.15) is 0 Å². The molecule has 1 amide bonds. The Kier molecular flexibility index (Phi) is 6.29. The number of rotatable bonds is 5. The van der Waals surface area contributed by atoms with Crippen molar-refractivity contribution in [3.05, 3.63) is 77.1 Å². The minimum atomic E-state index is 0.135. The van der Waals surface area contributed by atoms with Gasteiger partial charge in [-0.3, -0.25) is 4.79 Å². The third-order valence-corrected chi connectivity index (χ3v) is 5.88. The summed E-state index contributed by atoms with van der Waals surface area (Å²) in [7, 11) is 0. The fourth-order valence-corrected chi connectivity index (χ4v) is 4.18. The van der Waals surface area contributed by atoms with Crippen molar-refractivity contribution in [2.45, 2.75) is 31.6 Å². The van der Waals surface area contributed by atoms with E-state index in [-0.39, 0.29) is 17.8 Å². The monoisotopic (exact) mass is 420 g/mol. The third-order valence-electron chi connectivity index (χ3n) is 5.62. The molecule has 30 heavy (non-hydrogen) atoms. The lowest BCUT2D eigenvalue weighted by atomic mass is 9.89. The summed E-state index contributed by atoms with van der Waals surface area (Å²) >= 11 is 6.05. The predicted molar refractivity (Wildman–Crippen MR) is 120 cm³/mol. The first-order valence-corrected chi connectivity index (χ1v) is 10.7. The van der Waals surface area contributed by atoms with Gasteiger partial charge in [-0.25, -0.2) is 9.97 Å². The maximum atomic E-state index is 12.9. The largest absolute Gasteiger partial charge is 0.368 e. The Morgan fingerprint density at radius 2 is 1.90 bits per heavy atom. The van der Waals surface area contributed by atoms with Crippen LogP contribution >= 0.6 is 11.6 Å². The molecule has 1 aliphatic heterocycles. The summed E-state index contributed by atoms with van der Waals surface area (Å²) in [4.78, 5) is 23.6. The Balaban J connectivity index is 1.51. The van der Waals surface area contributed by atoms with Crippen LogP contribution in [0.25, 0.3) is 11.1 Å². The minimum absolute atomic E-state index is 0.135. The number of amides is 1. The summed E-state index contributed by atoms with van der Waals surface area (Å²) in [5.74, 6) is 0.587. The Bertz CT molecular complexity index is 1010. The summed E-state index contributed by atoms with van der Waals surface area (Å²) in [5, 5.41) is 0.685. The van der Waals surface area contributed by atoms with Gasteiger partial charge in [0.05, 0.1) is 5.69 Å². The topological polar surface area (TPSA) is 72.1 Å². The molecule has 5 nitrogen and oxygen atoms in total. The van der Waals surface area contributed by atoms with Gasteiger partial charge in [0.2, 0.25) is 11.9 Å². The lowest BCUT2D eigenvalue weighted by Gasteiger charge is -2.33. The summed E-state index contributed by atoms with van der Waals surface area (Å²) < 4.78 is 0. The molecule has 0 unspecified atom stereocenters. The smallest absolute Gasteiger partial charge is 0.222 e. The number of hydrogen-bond donors (Lipinski definition) is 1. The van der Waals surface area contributed by atoms with Gasteiger partial charge in [-0.05, 0) is 42.5 Å². The van der Waals surface area contributed by atoms with Gasteiger partial charge in [0.1, 0.15) is 0 Å². The van der Waals surface area contributed by atoms with Crippen molar-refractivity contribution >= 4 is 23.5 Å². The highest BCUT2D eigenvalue weighted by Crippen LogP contribution is 2.34. The lowest BCUT2D eigenvalue weighted by Crippen LogP contribution is -2.39. The van der Waals surface area contributed by atoms with Gasteiger partial charge < -0.3 is 10.6 Å². The zero-order chi connectivity index (χ0) is 20.9. The third kappa shape index (κ3) is 4.79. The number of benzene rings is 2. The molecule has 4 rings (SSSR count). The normalized spacial score (nSPS) is 16.4. The second kappa shape index (κ2) is 9.26. The Morgan fingerprint density at radius 1 is 1.13 bits per heavy atom. The second-order valence-corrected chi connectivity index (χ2v) is 8.13. The van der Waals surface area contributed by atoms with E-state index >= 15 is 0 Å². The maximum absolute atomic E-state index is 12.9. The van der Waals surface area contributed by atoms with Gasteiger partial charge >= 0.3 is 0 Å². The molecule has 1 aromatic heterocycles. The molecule has 0 spiro atoms. The number of piperidine rings is 1. The van der Waals surface area contributed by atoms with Crippen LogP contribution in [-0.2, 0) is 11.2 Å². The Morgan fingerprint density at radius 3 is 2.67 bits per heavy atom. The van der Waals surface area contributed by atoms with Crippen LogP contribution in [0.1, 0.15) is 36.4 Å². The number of hydrogen-bond acceptors (Lipinski definition) is 4. The number of carbonyl (C=O) groups is 1. The van der Waals surface area contributed by atoms with E-state index in [2.05, 4.69) is 22.1 Å². The maximum Gasteiger partial charge on any atom is 0.222 e. The average Bonchev–Trinajstić information content (AvgIpc) is 2.79. The van der Waals surface area contributed by atoms with Gasteiger partial charge in [-0.15, -0.1) is 0 Å². The predicted octanol–water partition coefficient (Wildman–Crippen LogP) is 4.72. The molecule has 1 atom stereocenters. The van der Waals surface area contributed by atoms with E-state index in [4.69, 9.17) is 17.3 Å². The molecule has 6 heteroatoms. The molecular weight excluding hydrogens is 396 g/mol. The van der Waals surface area contributed by atoms with Crippen molar-refractivity contribution < 1.29 is 4.79 Å². The molecule has 2 heterocycles. The summed E-state index contributed by atoms with van der Waals surface area (Å²) in [6.07, 6.45) is 4.98. The van der Waals surface area contributed by atoms with Crippen LogP contribution in [0.15, 0.2) is 60.8 Å². The number of likely N-dealkylation sites (tertiary alicyclic amines) is 1. The van der Waals surface area contributed by atoms with Gasteiger partial charge in [-0.1, -0.05) is 54.1 Å². The van der Waals surface area contributed by atoms with Crippen LogP contribution in [0.5, 0.6) is 0 Å². The van der Waals surface area contributed by atoms with E-state index in [1.165, 1.54) is 5.56 Å². The molecule has 2 N–H and O–H groups in total. The molecule has 0 saturated carbocycles. The number of nitrogens with zero attached hydrogens (tertiary/aromatic N) is 3. The lowest BCUT2D eigenvalue weighted by molar-refractivity contribution is -0.132. The summed E-state index contributed by atoms with van der Waals surface area (Å²) in [6, 6.07) is 17.8. The number of anilines is 1. The van der Waals surface area contributed by atoms with E-state index in [0.717, 1.165) is 42.6 Å². The van der Waals surface area contributed by atoms with Crippen molar-refractivity contribution in [1.82, 2.24) is 14.9 Å². The van der Waals surface area contributed by atoms with E-state index in [1.54, 1.807) is 6.20 Å². The molecule has 0 bridgehead atoms. The summed E-state index contributed by atoms with van der Waals surface area (Å²) in [5.41, 5.74) is 9.97. The summed E-state index contributed by atoms with van der Waals surface area (Å²) in [6.45, 7) is 1.45. The number of halogens is 1. The van der Waals surface area contributed by atoms with Crippen molar-refractivity contribution in [1.29, 1.82) is 0 Å². The molecule has 0 aliphatic carbocycles.